The lowest BCUT2D eigenvalue weighted by Gasteiger charge is -2.18. The first-order valence-electron chi connectivity index (χ1n) is 12.0. The monoisotopic (exact) mass is 503 g/mol. The number of nitrogens with zero attached hydrogens (tertiary/aromatic N) is 3. The van der Waals surface area contributed by atoms with Gasteiger partial charge >= 0.3 is 0 Å². The van der Waals surface area contributed by atoms with Crippen LogP contribution in [0.4, 0.5) is 0 Å². The van der Waals surface area contributed by atoms with Gasteiger partial charge in [-0.15, -0.1) is 15.8 Å². The Balaban J connectivity index is 1.75. The fourth-order valence-corrected chi connectivity index (χ4v) is 5.28. The number of ether oxygens (including phenoxy) is 3. The van der Waals surface area contributed by atoms with Crippen molar-refractivity contribution in [1.29, 1.82) is 15.8 Å². The van der Waals surface area contributed by atoms with E-state index in [-0.39, 0.29) is 0 Å². The standard InChI is InChI=1S/C33H17N3O3/c34-18-37-28-12-4-8-22-7-3-10-25(31(22)28)24-15-16-27(33-26(24)11-5-13-29(33)38-19-35)32-23-9-2-1-6-21(23)14-17-30(32)39-20-36/h1-17H. The Morgan fingerprint density at radius 1 is 0.410 bits per heavy atom. The van der Waals surface area contributed by atoms with Crippen molar-refractivity contribution in [3.63, 3.8) is 0 Å². The molecule has 0 saturated heterocycles. The Hall–Kier alpha value is -6.03. The molecule has 6 heteroatoms. The normalized spacial score (nSPS) is 10.5. The van der Waals surface area contributed by atoms with Gasteiger partial charge in [-0.25, -0.2) is 0 Å². The highest BCUT2D eigenvalue weighted by molar-refractivity contribution is 6.15. The SMILES string of the molecule is N#COc1ccc2ccccc2c1-c1ccc(-c2cccc3cccc(OC#N)c23)c2cccc(OC#N)c12. The van der Waals surface area contributed by atoms with Crippen LogP contribution in [0, 0.1) is 34.6 Å². The van der Waals surface area contributed by atoms with Crippen LogP contribution in [-0.4, -0.2) is 0 Å². The van der Waals surface area contributed by atoms with E-state index in [4.69, 9.17) is 14.2 Å². The smallest absolute Gasteiger partial charge is 0.292 e. The molecule has 6 aromatic rings. The second-order valence-corrected chi connectivity index (χ2v) is 8.74. The summed E-state index contributed by atoms with van der Waals surface area (Å²) >= 11 is 0. The Bertz CT molecular complexity index is 2040. The van der Waals surface area contributed by atoms with Crippen LogP contribution in [0.5, 0.6) is 17.2 Å². The summed E-state index contributed by atoms with van der Waals surface area (Å²) in [5, 5.41) is 33.2. The largest absolute Gasteiger partial charge is 0.387 e. The fourth-order valence-electron chi connectivity index (χ4n) is 5.28. The lowest BCUT2D eigenvalue weighted by Crippen LogP contribution is -1.95. The molecule has 0 saturated carbocycles. The first kappa shape index (κ1) is 23.4. The summed E-state index contributed by atoms with van der Waals surface area (Å²) < 4.78 is 16.2. The molecule has 0 aromatic heterocycles. The molecule has 0 atom stereocenters. The van der Waals surface area contributed by atoms with E-state index in [1.54, 1.807) is 37.0 Å². The average molecular weight is 504 g/mol. The quantitative estimate of drug-likeness (QED) is 0.221. The van der Waals surface area contributed by atoms with Crippen LogP contribution in [0.25, 0.3) is 54.6 Å². The minimum Gasteiger partial charge on any atom is -0.387 e. The molecule has 6 aromatic carbocycles. The molecule has 0 spiro atoms. The van der Waals surface area contributed by atoms with Crippen molar-refractivity contribution in [1.82, 2.24) is 0 Å². The van der Waals surface area contributed by atoms with Crippen LogP contribution < -0.4 is 14.2 Å². The van der Waals surface area contributed by atoms with Gasteiger partial charge in [-0.1, -0.05) is 84.9 Å². The number of hydrogen-bond donors (Lipinski definition) is 0. The highest BCUT2D eigenvalue weighted by atomic mass is 16.5. The van der Waals surface area contributed by atoms with Gasteiger partial charge in [0.05, 0.1) is 0 Å². The van der Waals surface area contributed by atoms with E-state index in [1.807, 2.05) is 84.9 Å². The molecule has 0 N–H and O–H groups in total. The Morgan fingerprint density at radius 2 is 1.00 bits per heavy atom. The van der Waals surface area contributed by atoms with Gasteiger partial charge in [0.15, 0.2) is 17.2 Å². The van der Waals surface area contributed by atoms with E-state index in [0.29, 0.717) is 28.2 Å². The molecule has 0 aliphatic heterocycles. The predicted octanol–water partition coefficient (Wildman–Crippen LogP) is 8.06. The highest BCUT2D eigenvalue weighted by Crippen LogP contribution is 2.47. The van der Waals surface area contributed by atoms with E-state index in [1.165, 1.54) is 0 Å². The molecule has 0 radical (unpaired) electrons. The molecular weight excluding hydrogens is 486 g/mol. The van der Waals surface area contributed by atoms with Crippen molar-refractivity contribution in [2.24, 2.45) is 0 Å². The van der Waals surface area contributed by atoms with Crippen molar-refractivity contribution < 1.29 is 14.2 Å². The number of nitriles is 3. The molecule has 0 aliphatic carbocycles. The van der Waals surface area contributed by atoms with Crippen LogP contribution in [0.3, 0.4) is 0 Å². The third-order valence-corrected chi connectivity index (χ3v) is 6.79. The molecule has 182 valence electrons. The lowest BCUT2D eigenvalue weighted by molar-refractivity contribution is 0.509. The van der Waals surface area contributed by atoms with Crippen LogP contribution >= 0.6 is 0 Å². The van der Waals surface area contributed by atoms with Gasteiger partial charge in [0.25, 0.3) is 18.8 Å². The summed E-state index contributed by atoms with van der Waals surface area (Å²) in [6, 6.07) is 32.4. The van der Waals surface area contributed by atoms with Crippen molar-refractivity contribution in [3.05, 3.63) is 103 Å². The van der Waals surface area contributed by atoms with Gasteiger partial charge in [0, 0.05) is 16.3 Å². The van der Waals surface area contributed by atoms with E-state index in [2.05, 4.69) is 0 Å². The minimum atomic E-state index is 0.372. The maximum absolute atomic E-state index is 9.49. The van der Waals surface area contributed by atoms with Crippen LogP contribution in [-0.2, 0) is 0 Å². The maximum atomic E-state index is 9.49. The van der Waals surface area contributed by atoms with Crippen LogP contribution in [0.1, 0.15) is 0 Å². The van der Waals surface area contributed by atoms with E-state index in [0.717, 1.165) is 43.6 Å². The molecule has 0 heterocycles. The van der Waals surface area contributed by atoms with Crippen LogP contribution in [0.2, 0.25) is 0 Å². The van der Waals surface area contributed by atoms with Gasteiger partial charge in [-0.2, -0.15) is 0 Å². The van der Waals surface area contributed by atoms with Crippen LogP contribution in [0.15, 0.2) is 103 Å². The first-order valence-corrected chi connectivity index (χ1v) is 12.0. The number of benzene rings is 6. The Morgan fingerprint density at radius 3 is 1.77 bits per heavy atom. The number of fused-ring (bicyclic) bond motifs is 3. The number of hydrogen-bond acceptors (Lipinski definition) is 6. The molecule has 0 bridgehead atoms. The highest BCUT2D eigenvalue weighted by Gasteiger charge is 2.21. The van der Waals surface area contributed by atoms with Crippen molar-refractivity contribution in [2.75, 3.05) is 0 Å². The summed E-state index contributed by atoms with van der Waals surface area (Å²) in [7, 11) is 0. The van der Waals surface area contributed by atoms with Gasteiger partial charge in [0.2, 0.25) is 0 Å². The summed E-state index contributed by atoms with van der Waals surface area (Å²) in [4.78, 5) is 0. The average Bonchev–Trinajstić information content (AvgIpc) is 2.97. The number of rotatable bonds is 5. The third-order valence-electron chi connectivity index (χ3n) is 6.79. The fraction of sp³-hybridized carbons (Fsp3) is 0. The molecular formula is C33H17N3O3. The molecule has 0 fully saturated rings. The Labute approximate surface area is 223 Å². The molecule has 39 heavy (non-hydrogen) atoms. The predicted molar refractivity (Wildman–Crippen MR) is 149 cm³/mol. The van der Waals surface area contributed by atoms with E-state index in [9.17, 15) is 15.8 Å². The van der Waals surface area contributed by atoms with Gasteiger partial charge in [0.1, 0.15) is 0 Å². The second-order valence-electron chi connectivity index (χ2n) is 8.74. The molecule has 0 unspecified atom stereocenters. The zero-order valence-electron chi connectivity index (χ0n) is 20.4. The summed E-state index contributed by atoms with van der Waals surface area (Å²) in [6.45, 7) is 0. The molecule has 6 rings (SSSR count). The zero-order chi connectivity index (χ0) is 26.8. The molecule has 6 nitrogen and oxygen atoms in total. The molecule has 0 amide bonds. The minimum absolute atomic E-state index is 0.372. The van der Waals surface area contributed by atoms with Gasteiger partial charge in [-0.05, 0) is 56.4 Å². The van der Waals surface area contributed by atoms with Crippen molar-refractivity contribution in [3.8, 4) is 58.3 Å². The van der Waals surface area contributed by atoms with Gasteiger partial charge in [-0.3, -0.25) is 0 Å². The van der Waals surface area contributed by atoms with Crippen molar-refractivity contribution in [2.45, 2.75) is 0 Å². The second kappa shape index (κ2) is 9.79. The van der Waals surface area contributed by atoms with E-state index < -0.39 is 0 Å². The maximum Gasteiger partial charge on any atom is 0.292 e. The summed E-state index contributed by atoms with van der Waals surface area (Å²) in [5.74, 6) is 1.22. The summed E-state index contributed by atoms with van der Waals surface area (Å²) in [6.07, 6.45) is 5.39. The third kappa shape index (κ3) is 3.89. The van der Waals surface area contributed by atoms with Crippen molar-refractivity contribution >= 4 is 32.3 Å². The first-order chi connectivity index (χ1) is 19.2. The Kier molecular flexibility index (Phi) is 5.87. The summed E-state index contributed by atoms with van der Waals surface area (Å²) in [5.41, 5.74) is 3.18. The molecule has 0 aliphatic rings. The van der Waals surface area contributed by atoms with E-state index >= 15 is 0 Å². The topological polar surface area (TPSA) is 99.1 Å². The van der Waals surface area contributed by atoms with Gasteiger partial charge < -0.3 is 14.2 Å². The zero-order valence-corrected chi connectivity index (χ0v) is 20.4. The lowest BCUT2D eigenvalue weighted by atomic mass is 9.87.